The van der Waals surface area contributed by atoms with Crippen LogP contribution in [0.15, 0.2) is 30.9 Å². The molecule has 1 aromatic heterocycles. The minimum Gasteiger partial charge on any atom is -0.337 e. The van der Waals surface area contributed by atoms with Crippen LogP contribution in [0, 0.1) is 0 Å². The summed E-state index contributed by atoms with van der Waals surface area (Å²) in [5.41, 5.74) is 0.620. The van der Waals surface area contributed by atoms with E-state index in [0.717, 1.165) is 0 Å². The second-order valence-corrected chi connectivity index (χ2v) is 2.75. The lowest BCUT2D eigenvalue weighted by Crippen LogP contribution is -2.04. The number of imidazole rings is 1. The molecule has 0 saturated heterocycles. The molecule has 0 bridgehead atoms. The van der Waals surface area contributed by atoms with Gasteiger partial charge < -0.3 is 4.57 Å². The van der Waals surface area contributed by atoms with Gasteiger partial charge in [0, 0.05) is 25.4 Å². The molecule has 0 aliphatic heterocycles. The van der Waals surface area contributed by atoms with E-state index in [2.05, 4.69) is 11.6 Å². The molecule has 0 aliphatic rings. The molecule has 1 rings (SSSR count). The Morgan fingerprint density at radius 2 is 2.42 bits per heavy atom. The second kappa shape index (κ2) is 3.85. The van der Waals surface area contributed by atoms with Crippen molar-refractivity contribution >= 4 is 5.78 Å². The first-order valence-corrected chi connectivity index (χ1v) is 3.84. The normalized spacial score (nSPS) is 9.75. The Balaban J connectivity index is 2.37. The number of hydrogen-bond acceptors (Lipinski definition) is 2. The molecule has 1 aromatic rings. The average Bonchev–Trinajstić information content (AvgIpc) is 2.51. The Bertz CT molecular complexity index is 275. The third-order valence-corrected chi connectivity index (χ3v) is 1.63. The Morgan fingerprint density at radius 3 is 2.92 bits per heavy atom. The second-order valence-electron chi connectivity index (χ2n) is 2.75. The molecule has 64 valence electrons. The highest BCUT2D eigenvalue weighted by Crippen LogP contribution is 1.98. The largest absolute Gasteiger partial charge is 0.337 e. The van der Waals surface area contributed by atoms with Crippen LogP contribution in [-0.2, 0) is 11.3 Å². The van der Waals surface area contributed by atoms with E-state index in [1.54, 1.807) is 19.4 Å². The molecule has 0 radical (unpaired) electrons. The zero-order valence-electron chi connectivity index (χ0n) is 7.16. The summed E-state index contributed by atoms with van der Waals surface area (Å²) in [6, 6.07) is 0. The van der Waals surface area contributed by atoms with Crippen LogP contribution in [0.2, 0.25) is 0 Å². The quantitative estimate of drug-likeness (QED) is 0.631. The SMILES string of the molecule is C=C(C)C(=O)CCn1ccnc1. The molecule has 0 saturated carbocycles. The van der Waals surface area contributed by atoms with E-state index < -0.39 is 0 Å². The van der Waals surface area contributed by atoms with Gasteiger partial charge in [-0.05, 0) is 12.5 Å². The van der Waals surface area contributed by atoms with Crippen molar-refractivity contribution in [3.63, 3.8) is 0 Å². The summed E-state index contributed by atoms with van der Waals surface area (Å²) in [4.78, 5) is 15.0. The van der Waals surface area contributed by atoms with Crippen LogP contribution in [0.5, 0.6) is 0 Å². The summed E-state index contributed by atoms with van der Waals surface area (Å²) in [6.07, 6.45) is 5.74. The number of ketones is 1. The Morgan fingerprint density at radius 1 is 1.67 bits per heavy atom. The molecule has 3 heteroatoms. The van der Waals surface area contributed by atoms with Gasteiger partial charge in [-0.2, -0.15) is 0 Å². The molecule has 0 atom stereocenters. The van der Waals surface area contributed by atoms with E-state index in [0.29, 0.717) is 18.5 Å². The summed E-state index contributed by atoms with van der Waals surface area (Å²) in [7, 11) is 0. The van der Waals surface area contributed by atoms with Crippen LogP contribution in [0.4, 0.5) is 0 Å². The fraction of sp³-hybridized carbons (Fsp3) is 0.333. The first kappa shape index (κ1) is 8.71. The summed E-state index contributed by atoms with van der Waals surface area (Å²) in [5, 5.41) is 0. The topological polar surface area (TPSA) is 34.9 Å². The molecule has 3 nitrogen and oxygen atoms in total. The van der Waals surface area contributed by atoms with Gasteiger partial charge in [0.2, 0.25) is 0 Å². The molecule has 12 heavy (non-hydrogen) atoms. The maximum Gasteiger partial charge on any atom is 0.159 e. The molecule has 0 aliphatic carbocycles. The molecule has 0 unspecified atom stereocenters. The number of rotatable bonds is 4. The van der Waals surface area contributed by atoms with E-state index >= 15 is 0 Å². The first-order valence-electron chi connectivity index (χ1n) is 3.84. The van der Waals surface area contributed by atoms with Crippen LogP contribution in [-0.4, -0.2) is 15.3 Å². The van der Waals surface area contributed by atoms with Gasteiger partial charge in [-0.3, -0.25) is 4.79 Å². The highest BCUT2D eigenvalue weighted by molar-refractivity contribution is 5.93. The van der Waals surface area contributed by atoms with E-state index in [9.17, 15) is 4.79 Å². The average molecular weight is 164 g/mol. The van der Waals surface area contributed by atoms with Gasteiger partial charge in [-0.15, -0.1) is 0 Å². The number of allylic oxidation sites excluding steroid dienone is 1. The van der Waals surface area contributed by atoms with Gasteiger partial charge in [-0.1, -0.05) is 6.58 Å². The zero-order valence-corrected chi connectivity index (χ0v) is 7.16. The number of aromatic nitrogens is 2. The van der Waals surface area contributed by atoms with Gasteiger partial charge in [0.1, 0.15) is 0 Å². The van der Waals surface area contributed by atoms with Crippen LogP contribution < -0.4 is 0 Å². The van der Waals surface area contributed by atoms with Crippen LogP contribution in [0.1, 0.15) is 13.3 Å². The van der Waals surface area contributed by atoms with Gasteiger partial charge in [0.05, 0.1) is 6.33 Å². The number of carbonyl (C=O) groups excluding carboxylic acids is 1. The third kappa shape index (κ3) is 2.34. The predicted molar refractivity (Wildman–Crippen MR) is 46.7 cm³/mol. The summed E-state index contributed by atoms with van der Waals surface area (Å²) in [5.74, 6) is 0.115. The molecule has 0 amide bonds. The number of Topliss-reactive ketones (excluding diaryl/α,β-unsaturated/α-hetero) is 1. The Kier molecular flexibility index (Phi) is 2.80. The van der Waals surface area contributed by atoms with Crippen molar-refractivity contribution in [2.24, 2.45) is 0 Å². The molecular formula is C9H12N2O. The van der Waals surface area contributed by atoms with Crippen LogP contribution in [0.3, 0.4) is 0 Å². The fourth-order valence-electron chi connectivity index (χ4n) is 0.863. The van der Waals surface area contributed by atoms with Crippen LogP contribution >= 0.6 is 0 Å². The lowest BCUT2D eigenvalue weighted by atomic mass is 10.2. The number of hydrogen-bond donors (Lipinski definition) is 0. The van der Waals surface area contributed by atoms with E-state index in [1.807, 2.05) is 10.8 Å². The van der Waals surface area contributed by atoms with E-state index in [4.69, 9.17) is 0 Å². The summed E-state index contributed by atoms with van der Waals surface area (Å²) in [6.45, 7) is 6.00. The van der Waals surface area contributed by atoms with Gasteiger partial charge >= 0.3 is 0 Å². The van der Waals surface area contributed by atoms with Crippen molar-refractivity contribution in [3.8, 4) is 0 Å². The smallest absolute Gasteiger partial charge is 0.159 e. The van der Waals surface area contributed by atoms with Crippen molar-refractivity contribution in [1.82, 2.24) is 9.55 Å². The maximum atomic E-state index is 11.1. The molecule has 0 spiro atoms. The molecular weight excluding hydrogens is 152 g/mol. The molecule has 0 N–H and O–H groups in total. The third-order valence-electron chi connectivity index (χ3n) is 1.63. The molecule has 0 aromatic carbocycles. The Labute approximate surface area is 71.7 Å². The zero-order chi connectivity index (χ0) is 8.97. The molecule has 1 heterocycles. The Hall–Kier alpha value is -1.38. The number of aryl methyl sites for hydroxylation is 1. The summed E-state index contributed by atoms with van der Waals surface area (Å²) >= 11 is 0. The van der Waals surface area contributed by atoms with Gasteiger partial charge in [0.25, 0.3) is 0 Å². The highest BCUT2D eigenvalue weighted by atomic mass is 16.1. The first-order chi connectivity index (χ1) is 5.70. The lowest BCUT2D eigenvalue weighted by molar-refractivity contribution is -0.115. The standard InChI is InChI=1S/C9H12N2O/c1-8(2)9(12)3-5-11-6-4-10-7-11/h4,6-7H,1,3,5H2,2H3. The summed E-state index contributed by atoms with van der Waals surface area (Å²) < 4.78 is 1.88. The van der Waals surface area contributed by atoms with Crippen molar-refractivity contribution in [3.05, 3.63) is 30.9 Å². The maximum absolute atomic E-state index is 11.1. The minimum absolute atomic E-state index is 0.115. The highest BCUT2D eigenvalue weighted by Gasteiger charge is 2.01. The van der Waals surface area contributed by atoms with Crippen molar-refractivity contribution < 1.29 is 4.79 Å². The minimum atomic E-state index is 0.115. The van der Waals surface area contributed by atoms with Gasteiger partial charge in [-0.25, -0.2) is 4.98 Å². The molecule has 0 fully saturated rings. The van der Waals surface area contributed by atoms with Crippen molar-refractivity contribution in [2.75, 3.05) is 0 Å². The van der Waals surface area contributed by atoms with Crippen LogP contribution in [0.25, 0.3) is 0 Å². The monoisotopic (exact) mass is 164 g/mol. The predicted octanol–water partition coefficient (Wildman–Crippen LogP) is 1.42. The van der Waals surface area contributed by atoms with Crippen molar-refractivity contribution in [2.45, 2.75) is 19.9 Å². The van der Waals surface area contributed by atoms with E-state index in [-0.39, 0.29) is 5.78 Å². The fourth-order valence-corrected chi connectivity index (χ4v) is 0.863. The van der Waals surface area contributed by atoms with Crippen molar-refractivity contribution in [1.29, 1.82) is 0 Å². The lowest BCUT2D eigenvalue weighted by Gasteiger charge is -2.00. The number of nitrogens with zero attached hydrogens (tertiary/aromatic N) is 2. The number of carbonyl (C=O) groups is 1. The van der Waals surface area contributed by atoms with Gasteiger partial charge in [0.15, 0.2) is 5.78 Å². The van der Waals surface area contributed by atoms with E-state index in [1.165, 1.54) is 0 Å².